The van der Waals surface area contributed by atoms with Gasteiger partial charge in [-0.1, -0.05) is 31.4 Å². The summed E-state index contributed by atoms with van der Waals surface area (Å²) < 4.78 is 1.51. The highest BCUT2D eigenvalue weighted by Gasteiger charge is 2.14. The largest absolute Gasteiger partial charge is 0.320 e. The Labute approximate surface area is 128 Å². The summed E-state index contributed by atoms with van der Waals surface area (Å²) in [5.41, 5.74) is 5.81. The second-order valence-electron chi connectivity index (χ2n) is 4.69. The van der Waals surface area contributed by atoms with Gasteiger partial charge in [-0.15, -0.1) is 5.10 Å². The van der Waals surface area contributed by atoms with Gasteiger partial charge in [0.1, 0.15) is 0 Å². The molecular weight excluding hydrogens is 290 g/mol. The first kappa shape index (κ1) is 15.5. The molecule has 0 aliphatic heterocycles. The van der Waals surface area contributed by atoms with Gasteiger partial charge in [0.15, 0.2) is 11.6 Å². The van der Waals surface area contributed by atoms with Crippen LogP contribution in [0.2, 0.25) is 5.02 Å². The molecule has 1 atom stereocenters. The van der Waals surface area contributed by atoms with E-state index in [0.29, 0.717) is 23.1 Å². The first-order valence-electron chi connectivity index (χ1n) is 6.85. The van der Waals surface area contributed by atoms with E-state index >= 15 is 0 Å². The second-order valence-corrected chi connectivity index (χ2v) is 5.10. The Morgan fingerprint density at radius 3 is 3.05 bits per heavy atom. The molecule has 0 aliphatic rings. The quantitative estimate of drug-likeness (QED) is 0.858. The first-order chi connectivity index (χ1) is 10.1. The average molecular weight is 308 g/mol. The zero-order valence-corrected chi connectivity index (χ0v) is 12.5. The first-order valence-corrected chi connectivity index (χ1v) is 7.22. The van der Waals surface area contributed by atoms with E-state index in [1.54, 1.807) is 30.6 Å². The number of pyridine rings is 1. The molecule has 2 heterocycles. The number of carbonyl (C=O) groups excluding carboxylic acids is 1. The summed E-state index contributed by atoms with van der Waals surface area (Å²) in [5, 5.41) is 7.40. The van der Waals surface area contributed by atoms with Crippen LogP contribution in [0.15, 0.2) is 30.6 Å². The fraction of sp³-hybridized carbons (Fsp3) is 0.357. The standard InChI is InChI=1S/C14H18ClN5O/c1-2-3-6-11(16)14(21)18-12-7-9-20(19-12)13-10(15)5-4-8-17-13/h4-5,7-9,11H,2-3,6,16H2,1H3,(H,18,19,21)/t11-/m1/s1. The minimum Gasteiger partial charge on any atom is -0.320 e. The number of rotatable bonds is 6. The molecule has 0 spiro atoms. The number of nitrogens with two attached hydrogens (primary N) is 1. The van der Waals surface area contributed by atoms with Gasteiger partial charge in [0.2, 0.25) is 5.91 Å². The number of nitrogens with zero attached hydrogens (tertiary/aromatic N) is 3. The summed E-state index contributed by atoms with van der Waals surface area (Å²) in [6.07, 6.45) is 5.90. The summed E-state index contributed by atoms with van der Waals surface area (Å²) in [4.78, 5) is 16.1. The molecular formula is C14H18ClN5O. The van der Waals surface area contributed by atoms with Crippen LogP contribution in [-0.2, 0) is 4.79 Å². The van der Waals surface area contributed by atoms with Crippen LogP contribution in [0.4, 0.5) is 5.82 Å². The molecule has 7 heteroatoms. The molecule has 1 amide bonds. The number of halogens is 1. The predicted molar refractivity (Wildman–Crippen MR) is 82.5 cm³/mol. The van der Waals surface area contributed by atoms with Crippen LogP contribution < -0.4 is 11.1 Å². The van der Waals surface area contributed by atoms with E-state index in [-0.39, 0.29) is 5.91 Å². The van der Waals surface area contributed by atoms with Crippen LogP contribution >= 0.6 is 11.6 Å². The Morgan fingerprint density at radius 2 is 2.33 bits per heavy atom. The number of nitrogens with one attached hydrogen (secondary N) is 1. The number of amides is 1. The molecule has 0 aliphatic carbocycles. The Kier molecular flexibility index (Phi) is 5.30. The van der Waals surface area contributed by atoms with E-state index in [1.807, 2.05) is 0 Å². The monoisotopic (exact) mass is 307 g/mol. The van der Waals surface area contributed by atoms with Gasteiger partial charge >= 0.3 is 0 Å². The van der Waals surface area contributed by atoms with E-state index in [9.17, 15) is 4.79 Å². The number of hydrogen-bond acceptors (Lipinski definition) is 4. The third-order valence-corrected chi connectivity index (χ3v) is 3.30. The van der Waals surface area contributed by atoms with Crippen molar-refractivity contribution in [2.45, 2.75) is 32.2 Å². The van der Waals surface area contributed by atoms with Crippen LogP contribution in [0.3, 0.4) is 0 Å². The fourth-order valence-electron chi connectivity index (χ4n) is 1.83. The number of anilines is 1. The third kappa shape index (κ3) is 4.03. The van der Waals surface area contributed by atoms with Crippen LogP contribution in [-0.4, -0.2) is 26.7 Å². The highest BCUT2D eigenvalue weighted by molar-refractivity contribution is 6.32. The van der Waals surface area contributed by atoms with Gasteiger partial charge in [-0.3, -0.25) is 4.79 Å². The van der Waals surface area contributed by atoms with Gasteiger partial charge in [0.05, 0.1) is 11.1 Å². The Bertz CT molecular complexity index is 613. The second kappa shape index (κ2) is 7.19. The normalized spacial score (nSPS) is 12.1. The van der Waals surface area contributed by atoms with Gasteiger partial charge < -0.3 is 11.1 Å². The third-order valence-electron chi connectivity index (χ3n) is 3.00. The molecule has 2 aromatic heterocycles. The predicted octanol–water partition coefficient (Wildman–Crippen LogP) is 2.38. The summed E-state index contributed by atoms with van der Waals surface area (Å²) >= 11 is 6.05. The zero-order valence-electron chi connectivity index (χ0n) is 11.8. The van der Waals surface area contributed by atoms with Crippen molar-refractivity contribution < 1.29 is 4.79 Å². The molecule has 0 saturated heterocycles. The fourth-order valence-corrected chi connectivity index (χ4v) is 2.04. The number of unbranched alkanes of at least 4 members (excludes halogenated alkanes) is 1. The number of aromatic nitrogens is 3. The molecule has 3 N–H and O–H groups in total. The maximum Gasteiger partial charge on any atom is 0.242 e. The van der Waals surface area contributed by atoms with Crippen molar-refractivity contribution in [2.24, 2.45) is 5.73 Å². The van der Waals surface area contributed by atoms with E-state index in [4.69, 9.17) is 17.3 Å². The van der Waals surface area contributed by atoms with Crippen molar-refractivity contribution in [1.82, 2.24) is 14.8 Å². The molecule has 0 fully saturated rings. The number of hydrogen-bond donors (Lipinski definition) is 2. The Morgan fingerprint density at radius 1 is 1.52 bits per heavy atom. The minimum atomic E-state index is -0.520. The van der Waals surface area contributed by atoms with Crippen LogP contribution in [0, 0.1) is 0 Å². The molecule has 2 aromatic rings. The molecule has 112 valence electrons. The summed E-state index contributed by atoms with van der Waals surface area (Å²) in [6.45, 7) is 2.06. The minimum absolute atomic E-state index is 0.235. The average Bonchev–Trinajstić information content (AvgIpc) is 2.93. The summed E-state index contributed by atoms with van der Waals surface area (Å²) in [7, 11) is 0. The molecule has 0 saturated carbocycles. The maximum absolute atomic E-state index is 11.9. The van der Waals surface area contributed by atoms with E-state index in [1.165, 1.54) is 4.68 Å². The molecule has 21 heavy (non-hydrogen) atoms. The molecule has 0 aromatic carbocycles. The number of carbonyl (C=O) groups is 1. The molecule has 0 bridgehead atoms. The molecule has 0 radical (unpaired) electrons. The molecule has 0 unspecified atom stereocenters. The SMILES string of the molecule is CCCC[C@@H](N)C(=O)Nc1ccn(-c2ncccc2Cl)n1. The van der Waals surface area contributed by atoms with Crippen molar-refractivity contribution in [3.8, 4) is 5.82 Å². The highest BCUT2D eigenvalue weighted by atomic mass is 35.5. The lowest BCUT2D eigenvalue weighted by Gasteiger charge is -2.09. The molecule has 2 rings (SSSR count). The van der Waals surface area contributed by atoms with E-state index in [0.717, 1.165) is 12.8 Å². The summed E-state index contributed by atoms with van der Waals surface area (Å²) in [6, 6.07) is 4.62. The van der Waals surface area contributed by atoms with Crippen LogP contribution in [0.5, 0.6) is 0 Å². The van der Waals surface area contributed by atoms with Gasteiger partial charge in [0.25, 0.3) is 0 Å². The van der Waals surface area contributed by atoms with Gasteiger partial charge in [0, 0.05) is 18.5 Å². The molecule has 6 nitrogen and oxygen atoms in total. The lowest BCUT2D eigenvalue weighted by atomic mass is 10.1. The van der Waals surface area contributed by atoms with Crippen LogP contribution in [0.1, 0.15) is 26.2 Å². The van der Waals surface area contributed by atoms with Crippen molar-refractivity contribution in [3.63, 3.8) is 0 Å². The van der Waals surface area contributed by atoms with Crippen molar-refractivity contribution in [1.29, 1.82) is 0 Å². The van der Waals surface area contributed by atoms with Gasteiger partial charge in [-0.2, -0.15) is 0 Å². The van der Waals surface area contributed by atoms with Crippen molar-refractivity contribution in [3.05, 3.63) is 35.6 Å². The Hall–Kier alpha value is -1.92. The Balaban J connectivity index is 2.04. The smallest absolute Gasteiger partial charge is 0.242 e. The van der Waals surface area contributed by atoms with Gasteiger partial charge in [-0.25, -0.2) is 9.67 Å². The lowest BCUT2D eigenvalue weighted by molar-refractivity contribution is -0.117. The van der Waals surface area contributed by atoms with E-state index < -0.39 is 6.04 Å². The van der Waals surface area contributed by atoms with Crippen molar-refractivity contribution >= 4 is 23.3 Å². The van der Waals surface area contributed by atoms with Gasteiger partial charge in [-0.05, 0) is 18.6 Å². The maximum atomic E-state index is 11.9. The van der Waals surface area contributed by atoms with E-state index in [2.05, 4.69) is 22.3 Å². The lowest BCUT2D eigenvalue weighted by Crippen LogP contribution is -2.35. The van der Waals surface area contributed by atoms with Crippen molar-refractivity contribution in [2.75, 3.05) is 5.32 Å². The topological polar surface area (TPSA) is 85.8 Å². The zero-order chi connectivity index (χ0) is 15.2. The summed E-state index contributed by atoms with van der Waals surface area (Å²) in [5.74, 6) is 0.699. The highest BCUT2D eigenvalue weighted by Crippen LogP contribution is 2.17. The van der Waals surface area contributed by atoms with Crippen LogP contribution in [0.25, 0.3) is 5.82 Å².